The van der Waals surface area contributed by atoms with Gasteiger partial charge in [-0.15, -0.1) is 0 Å². The lowest BCUT2D eigenvalue weighted by atomic mass is 10.0. The Morgan fingerprint density at radius 2 is 2.17 bits per heavy atom. The zero-order valence-electron chi connectivity index (χ0n) is 11.9. The number of hydrogen-bond acceptors (Lipinski definition) is 5. The molecule has 1 aromatic heterocycles. The number of nitrogens with zero attached hydrogens (tertiary/aromatic N) is 2. The van der Waals surface area contributed by atoms with Crippen molar-refractivity contribution in [3.05, 3.63) is 11.7 Å². The Balaban J connectivity index is 2.51. The van der Waals surface area contributed by atoms with Gasteiger partial charge in [0.25, 0.3) is 0 Å². The Labute approximate surface area is 109 Å². The minimum atomic E-state index is 0.404. The lowest BCUT2D eigenvalue weighted by Gasteiger charge is -2.18. The lowest BCUT2D eigenvalue weighted by Crippen LogP contribution is -2.33. The Morgan fingerprint density at radius 3 is 2.78 bits per heavy atom. The predicted octanol–water partition coefficient (Wildman–Crippen LogP) is 2.17. The van der Waals surface area contributed by atoms with Crippen LogP contribution in [-0.4, -0.2) is 29.8 Å². The van der Waals surface area contributed by atoms with E-state index in [1.54, 1.807) is 7.11 Å². The highest BCUT2D eigenvalue weighted by molar-refractivity contribution is 4.88. The van der Waals surface area contributed by atoms with E-state index >= 15 is 0 Å². The van der Waals surface area contributed by atoms with Gasteiger partial charge in [-0.1, -0.05) is 25.9 Å². The smallest absolute Gasteiger partial charge is 0.228 e. The third kappa shape index (κ3) is 5.60. The van der Waals surface area contributed by atoms with Crippen molar-refractivity contribution in [1.82, 2.24) is 15.5 Å². The molecule has 0 fully saturated rings. The van der Waals surface area contributed by atoms with E-state index in [-0.39, 0.29) is 0 Å². The van der Waals surface area contributed by atoms with E-state index in [0.717, 1.165) is 25.8 Å². The first-order valence-corrected chi connectivity index (χ1v) is 6.69. The van der Waals surface area contributed by atoms with Crippen LogP contribution in [0.25, 0.3) is 0 Å². The van der Waals surface area contributed by atoms with E-state index in [0.29, 0.717) is 30.3 Å². The van der Waals surface area contributed by atoms with Crippen molar-refractivity contribution >= 4 is 0 Å². The first kappa shape index (κ1) is 15.1. The highest BCUT2D eigenvalue weighted by atomic mass is 16.5. The summed E-state index contributed by atoms with van der Waals surface area (Å²) >= 11 is 0. The average molecular weight is 255 g/mol. The second-order valence-corrected chi connectivity index (χ2v) is 5.02. The molecule has 1 aromatic rings. The largest absolute Gasteiger partial charge is 0.377 e. The monoisotopic (exact) mass is 255 g/mol. The molecule has 0 saturated heterocycles. The molecule has 1 N–H and O–H groups in total. The van der Waals surface area contributed by atoms with Crippen molar-refractivity contribution in [3.63, 3.8) is 0 Å². The first-order valence-electron chi connectivity index (χ1n) is 6.69. The maximum Gasteiger partial charge on any atom is 0.228 e. The number of hydrogen-bond donors (Lipinski definition) is 1. The first-order chi connectivity index (χ1) is 8.65. The van der Waals surface area contributed by atoms with E-state index in [2.05, 4.69) is 36.2 Å². The van der Waals surface area contributed by atoms with Gasteiger partial charge < -0.3 is 14.6 Å². The quantitative estimate of drug-likeness (QED) is 0.733. The van der Waals surface area contributed by atoms with Crippen LogP contribution in [0, 0.1) is 5.92 Å². The molecule has 0 aliphatic rings. The summed E-state index contributed by atoms with van der Waals surface area (Å²) in [6.45, 7) is 8.05. The van der Waals surface area contributed by atoms with Gasteiger partial charge >= 0.3 is 0 Å². The molecule has 0 bridgehead atoms. The number of rotatable bonds is 9. The molecular formula is C13H25N3O2. The standard InChI is InChI=1S/C13H25N3O2/c1-5-6-14-11(7-10(2)3)8-13-15-12(9-17-4)16-18-13/h10-11,14H,5-9H2,1-4H3. The molecule has 18 heavy (non-hydrogen) atoms. The minimum absolute atomic E-state index is 0.404. The Kier molecular flexibility index (Phi) is 6.90. The summed E-state index contributed by atoms with van der Waals surface area (Å²) in [5.41, 5.74) is 0. The van der Waals surface area contributed by atoms with Crippen LogP contribution in [0.4, 0.5) is 0 Å². The summed E-state index contributed by atoms with van der Waals surface area (Å²) < 4.78 is 10.2. The van der Waals surface area contributed by atoms with Gasteiger partial charge in [-0.05, 0) is 25.3 Å². The van der Waals surface area contributed by atoms with Gasteiger partial charge in [0, 0.05) is 19.6 Å². The second kappa shape index (κ2) is 8.21. The summed E-state index contributed by atoms with van der Waals surface area (Å²) in [4.78, 5) is 4.31. The van der Waals surface area contributed by atoms with Gasteiger partial charge in [0.2, 0.25) is 5.89 Å². The van der Waals surface area contributed by atoms with Crippen molar-refractivity contribution in [2.24, 2.45) is 5.92 Å². The average Bonchev–Trinajstić information content (AvgIpc) is 2.73. The van der Waals surface area contributed by atoms with Gasteiger partial charge in [0.05, 0.1) is 0 Å². The molecule has 0 amide bonds. The zero-order valence-corrected chi connectivity index (χ0v) is 11.9. The number of methoxy groups -OCH3 is 1. The van der Waals surface area contributed by atoms with Gasteiger partial charge in [-0.2, -0.15) is 4.98 Å². The zero-order chi connectivity index (χ0) is 13.4. The molecular weight excluding hydrogens is 230 g/mol. The minimum Gasteiger partial charge on any atom is -0.377 e. The molecule has 104 valence electrons. The fourth-order valence-corrected chi connectivity index (χ4v) is 1.93. The summed E-state index contributed by atoms with van der Waals surface area (Å²) in [7, 11) is 1.63. The second-order valence-electron chi connectivity index (χ2n) is 5.02. The van der Waals surface area contributed by atoms with Gasteiger partial charge in [-0.25, -0.2) is 0 Å². The maximum atomic E-state index is 5.23. The van der Waals surface area contributed by atoms with Crippen LogP contribution in [0.15, 0.2) is 4.52 Å². The fourth-order valence-electron chi connectivity index (χ4n) is 1.93. The van der Waals surface area contributed by atoms with Crippen molar-refractivity contribution in [2.75, 3.05) is 13.7 Å². The molecule has 1 atom stereocenters. The highest BCUT2D eigenvalue weighted by Crippen LogP contribution is 2.10. The molecule has 5 nitrogen and oxygen atoms in total. The van der Waals surface area contributed by atoms with Gasteiger partial charge in [-0.3, -0.25) is 0 Å². The molecule has 0 saturated carbocycles. The SMILES string of the molecule is CCCNC(Cc1nc(COC)no1)CC(C)C. The predicted molar refractivity (Wildman–Crippen MR) is 70.3 cm³/mol. The van der Waals surface area contributed by atoms with Crippen molar-refractivity contribution in [2.45, 2.75) is 52.7 Å². The maximum absolute atomic E-state index is 5.23. The van der Waals surface area contributed by atoms with E-state index < -0.39 is 0 Å². The molecule has 0 aromatic carbocycles. The van der Waals surface area contributed by atoms with Crippen LogP contribution in [-0.2, 0) is 17.8 Å². The third-order valence-corrected chi connectivity index (χ3v) is 2.64. The number of ether oxygens (including phenoxy) is 1. The van der Waals surface area contributed by atoms with Crippen LogP contribution in [0.5, 0.6) is 0 Å². The van der Waals surface area contributed by atoms with E-state index in [1.165, 1.54) is 0 Å². The Bertz CT molecular complexity index is 326. The molecule has 0 spiro atoms. The van der Waals surface area contributed by atoms with Gasteiger partial charge in [0.15, 0.2) is 5.82 Å². The molecule has 1 heterocycles. The van der Waals surface area contributed by atoms with Crippen LogP contribution in [0.3, 0.4) is 0 Å². The van der Waals surface area contributed by atoms with Crippen molar-refractivity contribution in [1.29, 1.82) is 0 Å². The number of nitrogens with one attached hydrogen (secondary N) is 1. The molecule has 5 heteroatoms. The molecule has 1 unspecified atom stereocenters. The fraction of sp³-hybridized carbons (Fsp3) is 0.846. The van der Waals surface area contributed by atoms with Crippen LogP contribution in [0.2, 0.25) is 0 Å². The number of aromatic nitrogens is 2. The normalized spacial score (nSPS) is 13.2. The highest BCUT2D eigenvalue weighted by Gasteiger charge is 2.15. The molecule has 0 aliphatic carbocycles. The lowest BCUT2D eigenvalue weighted by molar-refractivity contribution is 0.174. The Hall–Kier alpha value is -0.940. The summed E-state index contributed by atoms with van der Waals surface area (Å²) in [6.07, 6.45) is 3.03. The topological polar surface area (TPSA) is 60.2 Å². The molecule has 0 aliphatic heterocycles. The summed E-state index contributed by atoms with van der Waals surface area (Å²) in [6, 6.07) is 0.404. The van der Waals surface area contributed by atoms with Crippen LogP contribution >= 0.6 is 0 Å². The van der Waals surface area contributed by atoms with Gasteiger partial charge in [0.1, 0.15) is 6.61 Å². The van der Waals surface area contributed by atoms with Crippen LogP contribution in [0.1, 0.15) is 45.3 Å². The molecule has 1 rings (SSSR count). The van der Waals surface area contributed by atoms with E-state index in [1.807, 2.05) is 0 Å². The van der Waals surface area contributed by atoms with Crippen LogP contribution < -0.4 is 5.32 Å². The Morgan fingerprint density at radius 1 is 1.39 bits per heavy atom. The van der Waals surface area contributed by atoms with E-state index in [9.17, 15) is 0 Å². The van der Waals surface area contributed by atoms with Crippen molar-refractivity contribution < 1.29 is 9.26 Å². The molecule has 0 radical (unpaired) electrons. The summed E-state index contributed by atoms with van der Waals surface area (Å²) in [5, 5.41) is 7.41. The van der Waals surface area contributed by atoms with Crippen molar-refractivity contribution in [3.8, 4) is 0 Å². The third-order valence-electron chi connectivity index (χ3n) is 2.64. The summed E-state index contributed by atoms with van der Waals surface area (Å²) in [5.74, 6) is 1.96. The van der Waals surface area contributed by atoms with E-state index in [4.69, 9.17) is 9.26 Å².